The molecule has 0 radical (unpaired) electrons. The molecule has 0 saturated carbocycles. The lowest BCUT2D eigenvalue weighted by atomic mass is 9.86. The molecular weight excluding hydrogens is 793 g/mol. The van der Waals surface area contributed by atoms with Crippen molar-refractivity contribution in [2.45, 2.75) is 64.8 Å². The summed E-state index contributed by atoms with van der Waals surface area (Å²) in [7, 11) is 1.52. The number of piperazine rings is 1. The van der Waals surface area contributed by atoms with Crippen LogP contribution in [-0.4, -0.2) is 94.3 Å². The third-order valence-corrected chi connectivity index (χ3v) is 11.5. The Morgan fingerprint density at radius 2 is 1.57 bits per heavy atom. The van der Waals surface area contributed by atoms with E-state index in [4.69, 9.17) is 14.2 Å². The normalized spacial score (nSPS) is 14.6. The summed E-state index contributed by atoms with van der Waals surface area (Å²) in [5.41, 5.74) is 3.86. The van der Waals surface area contributed by atoms with Crippen molar-refractivity contribution in [2.75, 3.05) is 69.1 Å². The first kappa shape index (κ1) is 44.8. The Bertz CT molecular complexity index is 2520. The van der Waals surface area contributed by atoms with E-state index in [1.807, 2.05) is 69.3 Å². The molecular formula is C47H58N6O7S. The Hall–Kier alpha value is -5.70. The van der Waals surface area contributed by atoms with Crippen molar-refractivity contribution < 1.29 is 32.2 Å². The molecule has 0 bridgehead atoms. The number of carbonyl (C=O) groups excluding carboxylic acids is 2. The summed E-state index contributed by atoms with van der Waals surface area (Å²) in [5, 5.41) is 7.30. The maximum absolute atomic E-state index is 13.5. The highest BCUT2D eigenvalue weighted by Crippen LogP contribution is 2.40. The van der Waals surface area contributed by atoms with Crippen molar-refractivity contribution in [1.82, 2.24) is 14.8 Å². The first-order chi connectivity index (χ1) is 28.8. The molecule has 2 amide bonds. The number of hydrogen-bond donors (Lipinski definition) is 3. The van der Waals surface area contributed by atoms with Crippen LogP contribution in [0.5, 0.6) is 23.0 Å². The molecule has 2 heterocycles. The summed E-state index contributed by atoms with van der Waals surface area (Å²) in [4.78, 5) is 36.3. The third kappa shape index (κ3) is 11.4. The SMILES string of the molecule is COc1cc(Cc2cc(Oc3ccc(NC(=O)Nc4cc(C(C)(C)C)cc(NS(C)(=O)=O)c4OC)c4ccccc34)ccn2)ccc1C(=O)CCCN1CCN(C)CC1(C)C. The molecule has 5 aromatic rings. The van der Waals surface area contributed by atoms with Crippen LogP contribution in [0.2, 0.25) is 0 Å². The van der Waals surface area contributed by atoms with Crippen LogP contribution >= 0.6 is 0 Å². The number of carbonyl (C=O) groups is 2. The van der Waals surface area contributed by atoms with Crippen LogP contribution in [0, 0.1) is 0 Å². The number of aromatic nitrogens is 1. The van der Waals surface area contributed by atoms with Crippen LogP contribution in [0.4, 0.5) is 21.9 Å². The molecule has 1 fully saturated rings. The minimum Gasteiger partial charge on any atom is -0.496 e. The van der Waals surface area contributed by atoms with Gasteiger partial charge in [-0.05, 0) is 92.9 Å². The number of nitrogens with one attached hydrogen (secondary N) is 3. The lowest BCUT2D eigenvalue weighted by molar-refractivity contribution is 0.0305. The van der Waals surface area contributed by atoms with Crippen LogP contribution in [0.1, 0.15) is 74.6 Å². The summed E-state index contributed by atoms with van der Waals surface area (Å²) in [6, 6.07) is 23.4. The van der Waals surface area contributed by atoms with E-state index in [0.717, 1.165) is 66.4 Å². The van der Waals surface area contributed by atoms with E-state index in [1.54, 1.807) is 43.6 Å². The van der Waals surface area contributed by atoms with Gasteiger partial charge in [0.15, 0.2) is 11.5 Å². The number of nitrogens with zero attached hydrogens (tertiary/aromatic N) is 3. The Morgan fingerprint density at radius 1 is 0.852 bits per heavy atom. The number of hydrogen-bond acceptors (Lipinski definition) is 10. The minimum atomic E-state index is -3.64. The number of likely N-dealkylation sites (N-methyl/N-ethyl adjacent to an activating group) is 1. The molecule has 1 aromatic heterocycles. The number of sulfonamides is 1. The second-order valence-electron chi connectivity index (χ2n) is 17.3. The number of ether oxygens (including phenoxy) is 3. The fourth-order valence-corrected chi connectivity index (χ4v) is 8.39. The van der Waals surface area contributed by atoms with Crippen LogP contribution < -0.4 is 29.6 Å². The van der Waals surface area contributed by atoms with Crippen molar-refractivity contribution in [3.05, 3.63) is 107 Å². The predicted octanol–water partition coefficient (Wildman–Crippen LogP) is 8.94. The topological polar surface area (TPSA) is 151 Å². The number of rotatable bonds is 15. The third-order valence-electron chi connectivity index (χ3n) is 10.9. The molecule has 0 spiro atoms. The Labute approximate surface area is 359 Å². The van der Waals surface area contributed by atoms with Gasteiger partial charge in [0.25, 0.3) is 0 Å². The highest BCUT2D eigenvalue weighted by atomic mass is 32.2. The second-order valence-corrected chi connectivity index (χ2v) is 19.1. The van der Waals surface area contributed by atoms with Crippen LogP contribution in [0.15, 0.2) is 85.1 Å². The number of ketones is 1. The summed E-state index contributed by atoms with van der Waals surface area (Å²) >= 11 is 0. The molecule has 13 nitrogen and oxygen atoms in total. The molecule has 324 valence electrons. The number of benzene rings is 4. The van der Waals surface area contributed by atoms with Crippen molar-refractivity contribution in [3.8, 4) is 23.0 Å². The lowest BCUT2D eigenvalue weighted by Crippen LogP contribution is -2.58. The van der Waals surface area contributed by atoms with Crippen molar-refractivity contribution in [3.63, 3.8) is 0 Å². The van der Waals surface area contributed by atoms with E-state index in [2.05, 4.69) is 51.0 Å². The molecule has 14 heteroatoms. The predicted molar refractivity (Wildman–Crippen MR) is 244 cm³/mol. The summed E-state index contributed by atoms with van der Waals surface area (Å²) < 4.78 is 44.6. The molecule has 0 unspecified atom stereocenters. The maximum atomic E-state index is 13.5. The van der Waals surface area contributed by atoms with Gasteiger partial charge >= 0.3 is 6.03 Å². The number of Topliss-reactive ketones (excluding diaryl/α,β-unsaturated/α-hetero) is 1. The Kier molecular flexibility index (Phi) is 13.6. The monoisotopic (exact) mass is 850 g/mol. The highest BCUT2D eigenvalue weighted by Gasteiger charge is 2.32. The molecule has 0 aliphatic carbocycles. The zero-order valence-corrected chi connectivity index (χ0v) is 37.5. The second kappa shape index (κ2) is 18.5. The maximum Gasteiger partial charge on any atom is 0.323 e. The van der Waals surface area contributed by atoms with Gasteiger partial charge in [-0.1, -0.05) is 51.1 Å². The summed E-state index contributed by atoms with van der Waals surface area (Å²) in [6.07, 6.45) is 4.49. The average Bonchev–Trinajstić information content (AvgIpc) is 3.18. The largest absolute Gasteiger partial charge is 0.496 e. The molecule has 0 atom stereocenters. The number of anilines is 3. The van der Waals surface area contributed by atoms with Crippen LogP contribution in [0.25, 0.3) is 10.8 Å². The Morgan fingerprint density at radius 3 is 2.26 bits per heavy atom. The number of methoxy groups -OCH3 is 2. The molecule has 1 saturated heterocycles. The zero-order chi connectivity index (χ0) is 44.1. The van der Waals surface area contributed by atoms with Gasteiger partial charge in [-0.15, -0.1) is 0 Å². The van der Waals surface area contributed by atoms with Gasteiger partial charge < -0.3 is 29.7 Å². The number of pyridine rings is 1. The van der Waals surface area contributed by atoms with Gasteiger partial charge in [0.2, 0.25) is 10.0 Å². The van der Waals surface area contributed by atoms with Crippen molar-refractivity contribution in [2.24, 2.45) is 0 Å². The lowest BCUT2D eigenvalue weighted by Gasteiger charge is -2.46. The number of urea groups is 1. The summed E-state index contributed by atoms with van der Waals surface area (Å²) in [6.45, 7) is 14.4. The fraction of sp³-hybridized carbons (Fsp3) is 0.383. The van der Waals surface area contributed by atoms with E-state index in [-0.39, 0.29) is 28.2 Å². The highest BCUT2D eigenvalue weighted by molar-refractivity contribution is 7.92. The van der Waals surface area contributed by atoms with E-state index in [1.165, 1.54) is 7.11 Å². The molecule has 1 aliphatic heterocycles. The molecule has 1 aliphatic rings. The van der Waals surface area contributed by atoms with Crippen molar-refractivity contribution >= 4 is 49.7 Å². The molecule has 6 rings (SSSR count). The van der Waals surface area contributed by atoms with Crippen LogP contribution in [0.3, 0.4) is 0 Å². The minimum absolute atomic E-state index is 0.0714. The smallest absolute Gasteiger partial charge is 0.323 e. The first-order valence-electron chi connectivity index (χ1n) is 20.4. The fourth-order valence-electron chi connectivity index (χ4n) is 7.84. The molecule has 3 N–H and O–H groups in total. The molecule has 4 aromatic carbocycles. The van der Waals surface area contributed by atoms with E-state index < -0.39 is 16.1 Å². The van der Waals surface area contributed by atoms with Gasteiger partial charge in [0.05, 0.1) is 43.1 Å². The van der Waals surface area contributed by atoms with Gasteiger partial charge in [-0.25, -0.2) is 13.2 Å². The van der Waals surface area contributed by atoms with Crippen LogP contribution in [-0.2, 0) is 21.9 Å². The Balaban J connectivity index is 1.14. The van der Waals surface area contributed by atoms with E-state index in [0.29, 0.717) is 47.0 Å². The average molecular weight is 851 g/mol. The van der Waals surface area contributed by atoms with Gasteiger partial charge in [0.1, 0.15) is 17.2 Å². The molecule has 61 heavy (non-hydrogen) atoms. The van der Waals surface area contributed by atoms with E-state index >= 15 is 0 Å². The summed E-state index contributed by atoms with van der Waals surface area (Å²) in [5.74, 6) is 1.96. The van der Waals surface area contributed by atoms with Gasteiger partial charge in [-0.3, -0.25) is 19.4 Å². The quantitative estimate of drug-likeness (QED) is 0.0872. The standard InChI is InChI=1S/C47H58N6O7S/c1-46(2,3)32-27-39(44(59-8)40(28-32)51-61(9,56)57)50-45(55)49-38-18-19-42(36-14-11-10-13-35(36)38)60-34-20-21-48-33(29-34)25-31-16-17-37(43(26-31)58-7)41(54)15-12-22-53-24-23-52(6)30-47(53,4)5/h10-11,13-14,16-21,26-29,51H,12,15,22-25,30H2,1-9H3,(H2,49,50,55). The van der Waals surface area contributed by atoms with Gasteiger partial charge in [0, 0.05) is 66.7 Å². The van der Waals surface area contributed by atoms with Gasteiger partial charge in [-0.2, -0.15) is 0 Å². The van der Waals surface area contributed by atoms with Crippen molar-refractivity contribution in [1.29, 1.82) is 0 Å². The first-order valence-corrected chi connectivity index (χ1v) is 22.3. The van der Waals surface area contributed by atoms with E-state index in [9.17, 15) is 18.0 Å². The number of amides is 2. The zero-order valence-electron chi connectivity index (χ0n) is 36.6. The number of fused-ring (bicyclic) bond motifs is 1.